The number of nitrogens with zero attached hydrogens (tertiary/aromatic N) is 5. The van der Waals surface area contributed by atoms with Gasteiger partial charge in [-0.2, -0.15) is 10.2 Å². The van der Waals surface area contributed by atoms with E-state index in [1.165, 1.54) is 23.4 Å². The van der Waals surface area contributed by atoms with Gasteiger partial charge < -0.3 is 5.32 Å². The molecule has 7 nitrogen and oxygen atoms in total. The van der Waals surface area contributed by atoms with E-state index in [0.29, 0.717) is 22.1 Å². The summed E-state index contributed by atoms with van der Waals surface area (Å²) in [5.74, 6) is 0.0965. The molecule has 0 saturated carbocycles. The summed E-state index contributed by atoms with van der Waals surface area (Å²) in [5.41, 5.74) is 3.70. The van der Waals surface area contributed by atoms with Gasteiger partial charge >= 0.3 is 0 Å². The summed E-state index contributed by atoms with van der Waals surface area (Å²) in [6.45, 7) is 1.90. The number of nitrogens with one attached hydrogen (secondary N) is 1. The maximum absolute atomic E-state index is 12.8. The number of benzene rings is 1. The number of amides is 1. The highest BCUT2D eigenvalue weighted by Gasteiger charge is 2.15. The van der Waals surface area contributed by atoms with Crippen molar-refractivity contribution in [2.45, 2.75) is 6.92 Å². The summed E-state index contributed by atoms with van der Waals surface area (Å²) >= 11 is 6.26. The minimum absolute atomic E-state index is 0.286. The minimum Gasteiger partial charge on any atom is -0.320 e. The molecule has 0 unspecified atom stereocenters. The zero-order valence-electron chi connectivity index (χ0n) is 14.9. The van der Waals surface area contributed by atoms with Crippen molar-refractivity contribution < 1.29 is 4.79 Å². The SMILES string of the molecule is Cc1c(C(=O)Nc2cnc(-n3nccn3)c(Cl)c2)cncc1-c1ccccc1. The Kier molecular flexibility index (Phi) is 4.82. The average molecular weight is 391 g/mol. The van der Waals surface area contributed by atoms with E-state index in [1.807, 2.05) is 37.3 Å². The topological polar surface area (TPSA) is 85.6 Å². The molecule has 138 valence electrons. The summed E-state index contributed by atoms with van der Waals surface area (Å²) in [4.78, 5) is 22.6. The fraction of sp³-hybridized carbons (Fsp3) is 0.0500. The molecule has 1 N–H and O–H groups in total. The van der Waals surface area contributed by atoms with Gasteiger partial charge in [0.2, 0.25) is 0 Å². The summed E-state index contributed by atoms with van der Waals surface area (Å²) in [6.07, 6.45) is 7.87. The molecule has 3 heterocycles. The summed E-state index contributed by atoms with van der Waals surface area (Å²) < 4.78 is 0. The predicted octanol–water partition coefficient (Wildman–Crippen LogP) is 3.94. The largest absolute Gasteiger partial charge is 0.320 e. The molecule has 0 aliphatic carbocycles. The van der Waals surface area contributed by atoms with Crippen LogP contribution in [-0.4, -0.2) is 30.9 Å². The number of anilines is 1. The highest BCUT2D eigenvalue weighted by Crippen LogP contribution is 2.26. The first kappa shape index (κ1) is 17.8. The number of aromatic nitrogens is 5. The molecule has 1 amide bonds. The van der Waals surface area contributed by atoms with E-state index in [-0.39, 0.29) is 5.91 Å². The lowest BCUT2D eigenvalue weighted by Crippen LogP contribution is -2.15. The predicted molar refractivity (Wildman–Crippen MR) is 107 cm³/mol. The van der Waals surface area contributed by atoms with Crippen molar-refractivity contribution in [3.63, 3.8) is 0 Å². The van der Waals surface area contributed by atoms with Crippen LogP contribution < -0.4 is 5.32 Å². The zero-order valence-corrected chi connectivity index (χ0v) is 15.6. The van der Waals surface area contributed by atoms with Gasteiger partial charge in [-0.15, -0.1) is 4.80 Å². The van der Waals surface area contributed by atoms with E-state index in [2.05, 4.69) is 25.5 Å². The molecule has 1 aromatic carbocycles. The van der Waals surface area contributed by atoms with Gasteiger partial charge in [0.1, 0.15) is 0 Å². The Balaban J connectivity index is 1.60. The van der Waals surface area contributed by atoms with Crippen LogP contribution in [-0.2, 0) is 0 Å². The Hall–Kier alpha value is -3.58. The van der Waals surface area contributed by atoms with Crippen LogP contribution in [0.5, 0.6) is 0 Å². The van der Waals surface area contributed by atoms with Crippen LogP contribution in [0.4, 0.5) is 5.69 Å². The Morgan fingerprint density at radius 2 is 1.82 bits per heavy atom. The number of halogens is 1. The Morgan fingerprint density at radius 1 is 1.07 bits per heavy atom. The van der Waals surface area contributed by atoms with Gasteiger partial charge in [0.25, 0.3) is 5.91 Å². The van der Waals surface area contributed by atoms with Crippen molar-refractivity contribution in [1.29, 1.82) is 0 Å². The first-order chi connectivity index (χ1) is 13.6. The number of carbonyl (C=O) groups is 1. The zero-order chi connectivity index (χ0) is 19.5. The molecule has 28 heavy (non-hydrogen) atoms. The molecule has 0 saturated heterocycles. The van der Waals surface area contributed by atoms with E-state index >= 15 is 0 Å². The maximum Gasteiger partial charge on any atom is 0.257 e. The Morgan fingerprint density at radius 3 is 2.54 bits per heavy atom. The third-order valence-corrected chi connectivity index (χ3v) is 4.51. The van der Waals surface area contributed by atoms with E-state index < -0.39 is 0 Å². The fourth-order valence-electron chi connectivity index (χ4n) is 2.83. The third kappa shape index (κ3) is 3.47. The van der Waals surface area contributed by atoms with Crippen LogP contribution in [0.1, 0.15) is 15.9 Å². The highest BCUT2D eigenvalue weighted by molar-refractivity contribution is 6.32. The normalized spacial score (nSPS) is 10.6. The molecular formula is C20H15ClN6O. The van der Waals surface area contributed by atoms with Crippen LogP contribution in [0.25, 0.3) is 16.9 Å². The molecular weight excluding hydrogens is 376 g/mol. The summed E-state index contributed by atoms with van der Waals surface area (Å²) in [6, 6.07) is 11.4. The second-order valence-electron chi connectivity index (χ2n) is 6.03. The third-order valence-electron chi connectivity index (χ3n) is 4.23. The van der Waals surface area contributed by atoms with Gasteiger partial charge in [-0.05, 0) is 24.1 Å². The van der Waals surface area contributed by atoms with Crippen LogP contribution in [0, 0.1) is 6.92 Å². The van der Waals surface area contributed by atoms with Crippen molar-refractivity contribution in [2.24, 2.45) is 0 Å². The molecule has 0 fully saturated rings. The van der Waals surface area contributed by atoms with Crippen LogP contribution >= 0.6 is 11.6 Å². The molecule has 0 spiro atoms. The standard InChI is InChI=1S/C20H15ClN6O/c1-13-16(14-5-3-2-4-6-14)11-22-12-17(13)20(28)26-15-9-18(21)19(23-10-15)27-24-7-8-25-27/h2-12H,1H3,(H,26,28). The van der Waals surface area contributed by atoms with E-state index in [1.54, 1.807) is 18.5 Å². The van der Waals surface area contributed by atoms with Crippen molar-refractivity contribution in [1.82, 2.24) is 25.0 Å². The monoisotopic (exact) mass is 390 g/mol. The quantitative estimate of drug-likeness (QED) is 0.570. The number of carbonyl (C=O) groups excluding carboxylic acids is 1. The maximum atomic E-state index is 12.8. The smallest absolute Gasteiger partial charge is 0.257 e. The lowest BCUT2D eigenvalue weighted by molar-refractivity contribution is 0.102. The number of hydrogen-bond acceptors (Lipinski definition) is 5. The molecule has 0 aliphatic rings. The summed E-state index contributed by atoms with van der Waals surface area (Å²) in [7, 11) is 0. The second-order valence-corrected chi connectivity index (χ2v) is 6.43. The molecule has 0 radical (unpaired) electrons. The highest BCUT2D eigenvalue weighted by atomic mass is 35.5. The van der Waals surface area contributed by atoms with Gasteiger partial charge in [0, 0.05) is 18.0 Å². The number of hydrogen-bond donors (Lipinski definition) is 1. The molecule has 0 bridgehead atoms. The average Bonchev–Trinajstić information content (AvgIpc) is 3.23. The van der Waals surface area contributed by atoms with E-state index in [4.69, 9.17) is 11.6 Å². The minimum atomic E-state index is -0.286. The van der Waals surface area contributed by atoms with Gasteiger partial charge in [-0.25, -0.2) is 4.98 Å². The van der Waals surface area contributed by atoms with Gasteiger partial charge in [-0.3, -0.25) is 9.78 Å². The molecule has 0 aliphatic heterocycles. The fourth-order valence-corrected chi connectivity index (χ4v) is 3.07. The molecule has 0 atom stereocenters. The lowest BCUT2D eigenvalue weighted by atomic mass is 9.99. The Labute approximate surface area is 166 Å². The van der Waals surface area contributed by atoms with Crippen molar-refractivity contribution >= 4 is 23.2 Å². The second kappa shape index (κ2) is 7.58. The van der Waals surface area contributed by atoms with Crippen molar-refractivity contribution in [3.8, 4) is 16.9 Å². The molecule has 4 aromatic rings. The van der Waals surface area contributed by atoms with Crippen LogP contribution in [0.3, 0.4) is 0 Å². The lowest BCUT2D eigenvalue weighted by Gasteiger charge is -2.12. The van der Waals surface area contributed by atoms with Gasteiger partial charge in [0.15, 0.2) is 5.82 Å². The molecule has 3 aromatic heterocycles. The van der Waals surface area contributed by atoms with Gasteiger partial charge in [-0.1, -0.05) is 41.9 Å². The Bertz CT molecular complexity index is 1130. The van der Waals surface area contributed by atoms with Crippen LogP contribution in [0.15, 0.2) is 67.4 Å². The van der Waals surface area contributed by atoms with E-state index in [9.17, 15) is 4.79 Å². The first-order valence-corrected chi connectivity index (χ1v) is 8.85. The van der Waals surface area contributed by atoms with E-state index in [0.717, 1.165) is 16.7 Å². The first-order valence-electron chi connectivity index (χ1n) is 8.47. The molecule has 4 rings (SSSR count). The molecule has 8 heteroatoms. The van der Waals surface area contributed by atoms with Crippen LogP contribution in [0.2, 0.25) is 5.02 Å². The van der Waals surface area contributed by atoms with Gasteiger partial charge in [0.05, 0.1) is 34.9 Å². The van der Waals surface area contributed by atoms with Crippen molar-refractivity contribution in [3.05, 3.63) is 83.5 Å². The number of pyridine rings is 2. The van der Waals surface area contributed by atoms with Crippen molar-refractivity contribution in [2.75, 3.05) is 5.32 Å². The summed E-state index contributed by atoms with van der Waals surface area (Å²) in [5, 5.41) is 11.1. The number of rotatable bonds is 4.